The van der Waals surface area contributed by atoms with Crippen LogP contribution in [-0.2, 0) is 16.0 Å². The number of rotatable bonds is 4. The Hall–Kier alpha value is -3.17. The summed E-state index contributed by atoms with van der Waals surface area (Å²) < 4.78 is 68.3. The minimum Gasteiger partial charge on any atom is -0.481 e. The number of ether oxygens (including phenoxy) is 1. The van der Waals surface area contributed by atoms with E-state index in [9.17, 15) is 36.5 Å². The van der Waals surface area contributed by atoms with Gasteiger partial charge in [-0.3, -0.25) is 10.1 Å². The summed E-state index contributed by atoms with van der Waals surface area (Å²) in [7, 11) is 1.46. The van der Waals surface area contributed by atoms with Crippen molar-refractivity contribution in [1.29, 1.82) is 0 Å². The summed E-state index contributed by atoms with van der Waals surface area (Å²) in [6, 6.07) is 2.83. The van der Waals surface area contributed by atoms with E-state index >= 15 is 0 Å². The molecular weight excluding hydrogens is 412 g/mol. The number of carbonyl (C=O) groups is 2. The lowest BCUT2D eigenvalue weighted by Crippen LogP contribution is -2.21. The molecule has 0 aliphatic heterocycles. The maximum absolute atomic E-state index is 10.6. The van der Waals surface area contributed by atoms with E-state index in [0.717, 1.165) is 0 Å². The Morgan fingerprint density at radius 3 is 1.79 bits per heavy atom. The number of nitrogens with two attached hydrogens (primary N) is 1. The van der Waals surface area contributed by atoms with Crippen molar-refractivity contribution in [1.82, 2.24) is 4.98 Å². The van der Waals surface area contributed by atoms with Crippen molar-refractivity contribution in [2.75, 3.05) is 13.7 Å². The van der Waals surface area contributed by atoms with E-state index in [1.807, 2.05) is 0 Å². The molecular formula is C12H13F6N3O7. The Kier molecular flexibility index (Phi) is 11.1. The molecule has 28 heavy (non-hydrogen) atoms. The van der Waals surface area contributed by atoms with E-state index in [0.29, 0.717) is 24.5 Å². The summed E-state index contributed by atoms with van der Waals surface area (Å²) in [5.74, 6) is -5.15. The van der Waals surface area contributed by atoms with Crippen LogP contribution in [-0.4, -0.2) is 58.1 Å². The molecule has 4 N–H and O–H groups in total. The van der Waals surface area contributed by atoms with Gasteiger partial charge in [0.1, 0.15) is 5.69 Å². The first-order valence-electron chi connectivity index (χ1n) is 6.56. The number of carboxylic acid groups (broad SMARTS) is 2. The molecule has 0 spiro atoms. The van der Waals surface area contributed by atoms with E-state index < -0.39 is 29.2 Å². The second-order valence-corrected chi connectivity index (χ2v) is 4.22. The molecule has 0 saturated heterocycles. The van der Waals surface area contributed by atoms with Gasteiger partial charge in [-0.15, -0.1) is 0 Å². The van der Waals surface area contributed by atoms with Gasteiger partial charge in [-0.25, -0.2) is 14.6 Å². The summed E-state index contributed by atoms with van der Waals surface area (Å²) in [4.78, 5) is 31.9. The number of nitrogens with zero attached hydrogens (tertiary/aromatic N) is 2. The highest BCUT2D eigenvalue weighted by Crippen LogP contribution is 2.20. The van der Waals surface area contributed by atoms with Crippen molar-refractivity contribution in [3.63, 3.8) is 0 Å². The molecule has 10 nitrogen and oxygen atoms in total. The third-order valence-corrected chi connectivity index (χ3v) is 2.20. The highest BCUT2D eigenvalue weighted by Gasteiger charge is 2.38. The molecule has 1 heterocycles. The van der Waals surface area contributed by atoms with Crippen LogP contribution >= 0.6 is 0 Å². The Balaban J connectivity index is 0. The highest BCUT2D eigenvalue weighted by atomic mass is 19.4. The molecule has 16 heteroatoms. The number of nitro groups is 1. The third kappa shape index (κ3) is 11.4. The zero-order chi connectivity index (χ0) is 22.7. The van der Waals surface area contributed by atoms with Gasteiger partial charge in [0.05, 0.1) is 12.0 Å². The number of aliphatic carboxylic acids is 2. The lowest BCUT2D eigenvalue weighted by molar-refractivity contribution is -0.385. The first kappa shape index (κ1) is 27.1. The average molecular weight is 425 g/mol. The number of hydrogen-bond acceptors (Lipinski definition) is 7. The van der Waals surface area contributed by atoms with Gasteiger partial charge in [0, 0.05) is 18.6 Å². The molecule has 0 amide bonds. The van der Waals surface area contributed by atoms with Gasteiger partial charge in [0.2, 0.25) is 5.88 Å². The zero-order valence-electron chi connectivity index (χ0n) is 13.7. The van der Waals surface area contributed by atoms with Crippen LogP contribution in [0.5, 0.6) is 5.88 Å². The van der Waals surface area contributed by atoms with Crippen LogP contribution in [0.3, 0.4) is 0 Å². The molecule has 0 atom stereocenters. The first-order chi connectivity index (χ1) is 12.6. The van der Waals surface area contributed by atoms with Crippen molar-refractivity contribution in [3.05, 3.63) is 27.9 Å². The molecule has 1 rings (SSSR count). The van der Waals surface area contributed by atoms with Gasteiger partial charge >= 0.3 is 24.3 Å². The summed E-state index contributed by atoms with van der Waals surface area (Å²) in [6.07, 6.45) is -9.80. The summed E-state index contributed by atoms with van der Waals surface area (Å²) >= 11 is 0. The Labute approximate surface area is 151 Å². The van der Waals surface area contributed by atoms with Crippen LogP contribution in [0.25, 0.3) is 0 Å². The normalized spacial score (nSPS) is 10.6. The maximum atomic E-state index is 10.6. The van der Waals surface area contributed by atoms with E-state index in [2.05, 4.69) is 4.98 Å². The minimum absolute atomic E-state index is 0.0174. The molecule has 0 aromatic carbocycles. The number of methoxy groups -OCH3 is 1. The van der Waals surface area contributed by atoms with Gasteiger partial charge in [-0.2, -0.15) is 26.3 Å². The number of halogens is 6. The van der Waals surface area contributed by atoms with Gasteiger partial charge in [-0.1, -0.05) is 0 Å². The number of alkyl halides is 6. The predicted molar refractivity (Wildman–Crippen MR) is 77.6 cm³/mol. The Bertz CT molecular complexity index is 655. The second-order valence-electron chi connectivity index (χ2n) is 4.22. The van der Waals surface area contributed by atoms with Crippen LogP contribution in [0, 0.1) is 10.1 Å². The number of carboxylic acids is 2. The Morgan fingerprint density at radius 1 is 1.14 bits per heavy atom. The molecule has 1 aromatic rings. The van der Waals surface area contributed by atoms with Crippen LogP contribution in [0.15, 0.2) is 12.1 Å². The van der Waals surface area contributed by atoms with Crippen molar-refractivity contribution in [2.45, 2.75) is 18.8 Å². The topological polar surface area (TPSA) is 166 Å². The van der Waals surface area contributed by atoms with Crippen LogP contribution in [0.2, 0.25) is 0 Å². The molecule has 0 saturated carbocycles. The van der Waals surface area contributed by atoms with Gasteiger partial charge in [-0.05, 0) is 6.54 Å². The summed E-state index contributed by atoms with van der Waals surface area (Å²) in [6.45, 7) is 0.320. The van der Waals surface area contributed by atoms with E-state index in [1.165, 1.54) is 19.2 Å². The van der Waals surface area contributed by atoms with Crippen LogP contribution in [0.1, 0.15) is 5.69 Å². The first-order valence-corrected chi connectivity index (χ1v) is 6.56. The van der Waals surface area contributed by atoms with Crippen molar-refractivity contribution < 1.29 is 55.8 Å². The smallest absolute Gasteiger partial charge is 0.481 e. The lowest BCUT2D eigenvalue weighted by Gasteiger charge is -2.02. The predicted octanol–water partition coefficient (Wildman–Crippen LogP) is 1.77. The van der Waals surface area contributed by atoms with Gasteiger partial charge in [0.25, 0.3) is 5.69 Å². The standard InChI is InChI=1S/C8H11N3O3.2C2HF3O2/c1-14-8-3-2-7(11(12)13)6(10-8)4-5-9;2*3-2(4,5)1(6)7/h2-3H,4-5,9H2,1H3;2*(H,6,7). The molecule has 0 fully saturated rings. The van der Waals surface area contributed by atoms with E-state index in [4.69, 9.17) is 30.3 Å². The molecule has 0 unspecified atom stereocenters. The molecule has 0 aliphatic rings. The van der Waals surface area contributed by atoms with Crippen molar-refractivity contribution in [3.8, 4) is 5.88 Å². The zero-order valence-corrected chi connectivity index (χ0v) is 13.7. The number of pyridine rings is 1. The highest BCUT2D eigenvalue weighted by molar-refractivity contribution is 5.73. The second kappa shape index (κ2) is 11.5. The fourth-order valence-corrected chi connectivity index (χ4v) is 1.07. The monoisotopic (exact) mass is 425 g/mol. The fourth-order valence-electron chi connectivity index (χ4n) is 1.07. The van der Waals surface area contributed by atoms with Gasteiger partial charge in [0.15, 0.2) is 0 Å². The molecule has 0 aliphatic carbocycles. The van der Waals surface area contributed by atoms with Crippen LogP contribution in [0.4, 0.5) is 32.0 Å². The van der Waals surface area contributed by atoms with Crippen molar-refractivity contribution >= 4 is 17.6 Å². The van der Waals surface area contributed by atoms with Crippen molar-refractivity contribution in [2.24, 2.45) is 5.73 Å². The molecule has 160 valence electrons. The lowest BCUT2D eigenvalue weighted by atomic mass is 10.2. The quantitative estimate of drug-likeness (QED) is 0.370. The number of aromatic nitrogens is 1. The fraction of sp³-hybridized carbons (Fsp3) is 0.417. The van der Waals surface area contributed by atoms with Gasteiger partial charge < -0.3 is 20.7 Å². The van der Waals surface area contributed by atoms with E-state index in [1.54, 1.807) is 0 Å². The number of hydrogen-bond donors (Lipinski definition) is 3. The molecule has 0 bridgehead atoms. The molecule has 0 radical (unpaired) electrons. The largest absolute Gasteiger partial charge is 0.490 e. The molecule has 1 aromatic heterocycles. The SMILES string of the molecule is COc1ccc([N+](=O)[O-])c(CCN)n1.O=C(O)C(F)(F)F.O=C(O)C(F)(F)F. The van der Waals surface area contributed by atoms with E-state index in [-0.39, 0.29) is 5.69 Å². The maximum Gasteiger partial charge on any atom is 0.490 e. The third-order valence-electron chi connectivity index (χ3n) is 2.20. The minimum atomic E-state index is -5.08. The summed E-state index contributed by atoms with van der Waals surface area (Å²) in [5, 5.41) is 24.8. The Morgan fingerprint density at radius 2 is 1.54 bits per heavy atom. The van der Waals surface area contributed by atoms with Crippen LogP contribution < -0.4 is 10.5 Å². The average Bonchev–Trinajstić information content (AvgIpc) is 2.54. The summed E-state index contributed by atoms with van der Waals surface area (Å²) in [5.41, 5.74) is 5.66.